The number of hydrogen-bond donors (Lipinski definition) is 0. The van der Waals surface area contributed by atoms with E-state index in [9.17, 15) is 9.59 Å². The maximum Gasteiger partial charge on any atom is 0.325 e. The summed E-state index contributed by atoms with van der Waals surface area (Å²) in [5, 5.41) is 0. The van der Waals surface area contributed by atoms with Gasteiger partial charge in [0, 0.05) is 18.5 Å². The first-order chi connectivity index (χ1) is 13.4. The second-order valence-corrected chi connectivity index (χ2v) is 8.79. The summed E-state index contributed by atoms with van der Waals surface area (Å²) in [4.78, 5) is 28.7. The first kappa shape index (κ1) is 20.8. The minimum absolute atomic E-state index is 0.00900. The number of carbonyl (C=O) groups excluding carboxylic acids is 2. The molecule has 0 aromatic heterocycles. The Balaban J connectivity index is 1.63. The number of esters is 1. The van der Waals surface area contributed by atoms with Crippen molar-refractivity contribution in [1.82, 2.24) is 9.80 Å². The highest BCUT2D eigenvalue weighted by Crippen LogP contribution is 2.52. The number of amides is 1. The molecule has 0 N–H and O–H groups in total. The van der Waals surface area contributed by atoms with Crippen molar-refractivity contribution in [1.29, 1.82) is 0 Å². The second kappa shape index (κ2) is 8.64. The molecule has 1 spiro atoms. The third-order valence-corrected chi connectivity index (χ3v) is 6.79. The van der Waals surface area contributed by atoms with Crippen molar-refractivity contribution in [2.24, 2.45) is 5.41 Å². The Morgan fingerprint density at radius 3 is 2.43 bits per heavy atom. The molecule has 0 bridgehead atoms. The summed E-state index contributed by atoms with van der Waals surface area (Å²) in [6, 6.07) is 10.7. The number of nitrogens with zero attached hydrogens (tertiary/aromatic N) is 2. The van der Waals surface area contributed by atoms with Gasteiger partial charge in [-0.05, 0) is 57.2 Å². The highest BCUT2D eigenvalue weighted by Gasteiger charge is 2.50. The first-order valence-corrected chi connectivity index (χ1v) is 10.6. The zero-order valence-electron chi connectivity index (χ0n) is 17.6. The van der Waals surface area contributed by atoms with Gasteiger partial charge in [0.15, 0.2) is 0 Å². The molecule has 0 radical (unpaired) electrons. The predicted octanol–water partition coefficient (Wildman–Crippen LogP) is 3.58. The molecule has 1 amide bonds. The Labute approximate surface area is 169 Å². The van der Waals surface area contributed by atoms with Crippen molar-refractivity contribution in [2.75, 3.05) is 33.8 Å². The zero-order chi connectivity index (χ0) is 20.2. The Bertz CT molecular complexity index is 678. The average Bonchev–Trinajstić information content (AvgIpc) is 2.98. The lowest BCUT2D eigenvalue weighted by molar-refractivity contribution is -0.148. The number of ether oxygens (including phenoxy) is 1. The number of likely N-dealkylation sites (tertiary alicyclic amines) is 1. The Morgan fingerprint density at radius 2 is 1.82 bits per heavy atom. The van der Waals surface area contributed by atoms with Crippen LogP contribution in [0.15, 0.2) is 30.3 Å². The van der Waals surface area contributed by atoms with E-state index in [1.54, 1.807) is 4.90 Å². The van der Waals surface area contributed by atoms with Crippen LogP contribution in [0.2, 0.25) is 0 Å². The molecule has 154 valence electrons. The molecular weight excluding hydrogens is 352 g/mol. The summed E-state index contributed by atoms with van der Waals surface area (Å²) in [7, 11) is 4.31. The van der Waals surface area contributed by atoms with Crippen LogP contribution in [0, 0.1) is 5.41 Å². The van der Waals surface area contributed by atoms with Crippen LogP contribution in [0.4, 0.5) is 0 Å². The van der Waals surface area contributed by atoms with Gasteiger partial charge in [0.2, 0.25) is 5.91 Å². The molecule has 5 heteroatoms. The minimum Gasteiger partial charge on any atom is -0.464 e. The van der Waals surface area contributed by atoms with Crippen LogP contribution < -0.4 is 0 Å². The normalized spacial score (nSPS) is 27.6. The number of unbranched alkanes of at least 4 members (excludes halogenated alkanes) is 1. The van der Waals surface area contributed by atoms with E-state index >= 15 is 0 Å². The molecule has 1 saturated carbocycles. The fraction of sp³-hybridized carbons (Fsp3) is 0.652. The summed E-state index contributed by atoms with van der Waals surface area (Å²) in [6.45, 7) is 3.30. The van der Waals surface area contributed by atoms with Crippen LogP contribution in [0.1, 0.15) is 57.4 Å². The molecule has 3 rings (SSSR count). The standard InChI is InChI=1S/C23H34N2O3/c1-4-5-15-28-21(27)17-25-18-22(16-20(25)26)11-13-23(14-12-22,24(2)3)19-9-7-6-8-10-19/h6-10H,4-5,11-18H2,1-3H3/t22-,23+. The lowest BCUT2D eigenvalue weighted by Gasteiger charge is -2.48. The van der Waals surface area contributed by atoms with Crippen LogP contribution in [-0.2, 0) is 19.9 Å². The quantitative estimate of drug-likeness (QED) is 0.531. The smallest absolute Gasteiger partial charge is 0.325 e. The largest absolute Gasteiger partial charge is 0.464 e. The van der Waals surface area contributed by atoms with Crippen LogP contribution in [0.25, 0.3) is 0 Å². The van der Waals surface area contributed by atoms with Gasteiger partial charge < -0.3 is 9.64 Å². The SMILES string of the molecule is CCCCOC(=O)CN1C[C@]2(CC[C@@](c3ccccc3)(N(C)C)CC2)CC1=O. The van der Waals surface area contributed by atoms with E-state index in [-0.39, 0.29) is 29.4 Å². The van der Waals surface area contributed by atoms with Gasteiger partial charge in [-0.25, -0.2) is 0 Å². The van der Waals surface area contributed by atoms with Crippen molar-refractivity contribution < 1.29 is 14.3 Å². The highest BCUT2D eigenvalue weighted by atomic mass is 16.5. The van der Waals surface area contributed by atoms with Crippen LogP contribution >= 0.6 is 0 Å². The Morgan fingerprint density at radius 1 is 1.14 bits per heavy atom. The van der Waals surface area contributed by atoms with Gasteiger partial charge in [-0.1, -0.05) is 43.7 Å². The number of hydrogen-bond acceptors (Lipinski definition) is 4. The zero-order valence-corrected chi connectivity index (χ0v) is 17.6. The molecule has 1 aromatic carbocycles. The molecule has 0 atom stereocenters. The molecule has 1 aromatic rings. The summed E-state index contributed by atoms with van der Waals surface area (Å²) in [6.07, 6.45) is 6.51. The fourth-order valence-electron chi connectivity index (χ4n) is 4.93. The van der Waals surface area contributed by atoms with Crippen molar-refractivity contribution in [3.63, 3.8) is 0 Å². The van der Waals surface area contributed by atoms with E-state index in [4.69, 9.17) is 4.74 Å². The van der Waals surface area contributed by atoms with E-state index in [0.717, 1.165) is 38.5 Å². The molecule has 5 nitrogen and oxygen atoms in total. The molecule has 0 unspecified atom stereocenters. The average molecular weight is 387 g/mol. The molecule has 2 aliphatic rings. The third kappa shape index (κ3) is 4.24. The molecule has 28 heavy (non-hydrogen) atoms. The maximum absolute atomic E-state index is 12.6. The molecule has 1 heterocycles. The van der Waals surface area contributed by atoms with Crippen LogP contribution in [-0.4, -0.2) is 55.5 Å². The van der Waals surface area contributed by atoms with E-state index in [0.29, 0.717) is 19.6 Å². The fourth-order valence-corrected chi connectivity index (χ4v) is 4.93. The molecule has 2 fully saturated rings. The summed E-state index contributed by atoms with van der Waals surface area (Å²) in [5.41, 5.74) is 1.40. The van der Waals surface area contributed by atoms with Gasteiger partial charge in [-0.3, -0.25) is 14.5 Å². The van der Waals surface area contributed by atoms with Crippen molar-refractivity contribution in [2.45, 2.75) is 57.4 Å². The number of rotatable bonds is 7. The van der Waals surface area contributed by atoms with Crippen molar-refractivity contribution in [3.05, 3.63) is 35.9 Å². The topological polar surface area (TPSA) is 49.9 Å². The Kier molecular flexibility index (Phi) is 6.43. The van der Waals surface area contributed by atoms with Crippen LogP contribution in [0.3, 0.4) is 0 Å². The Hall–Kier alpha value is -1.88. The summed E-state index contributed by atoms with van der Waals surface area (Å²) in [5.74, 6) is -0.175. The van der Waals surface area contributed by atoms with Gasteiger partial charge in [-0.2, -0.15) is 0 Å². The van der Waals surface area contributed by atoms with Gasteiger partial charge in [-0.15, -0.1) is 0 Å². The lowest BCUT2D eigenvalue weighted by atomic mass is 9.64. The van der Waals surface area contributed by atoms with Crippen molar-refractivity contribution in [3.8, 4) is 0 Å². The molecule has 1 saturated heterocycles. The number of carbonyl (C=O) groups is 2. The lowest BCUT2D eigenvalue weighted by Crippen LogP contribution is -2.47. The number of benzene rings is 1. The van der Waals surface area contributed by atoms with E-state index in [1.807, 2.05) is 0 Å². The third-order valence-electron chi connectivity index (χ3n) is 6.79. The molecule has 1 aliphatic carbocycles. The van der Waals surface area contributed by atoms with E-state index in [1.165, 1.54) is 5.56 Å². The second-order valence-electron chi connectivity index (χ2n) is 8.79. The van der Waals surface area contributed by atoms with E-state index < -0.39 is 0 Å². The summed E-state index contributed by atoms with van der Waals surface area (Å²) >= 11 is 0. The van der Waals surface area contributed by atoms with Crippen LogP contribution in [0.5, 0.6) is 0 Å². The molecule has 1 aliphatic heterocycles. The monoisotopic (exact) mass is 386 g/mol. The molecular formula is C23H34N2O3. The van der Waals surface area contributed by atoms with Gasteiger partial charge in [0.1, 0.15) is 6.54 Å². The first-order valence-electron chi connectivity index (χ1n) is 10.6. The maximum atomic E-state index is 12.6. The summed E-state index contributed by atoms with van der Waals surface area (Å²) < 4.78 is 5.25. The minimum atomic E-state index is -0.276. The highest BCUT2D eigenvalue weighted by molar-refractivity contribution is 5.84. The van der Waals surface area contributed by atoms with E-state index in [2.05, 4.69) is 56.3 Å². The predicted molar refractivity (Wildman–Crippen MR) is 110 cm³/mol. The van der Waals surface area contributed by atoms with Gasteiger partial charge in [0.25, 0.3) is 0 Å². The van der Waals surface area contributed by atoms with Crippen molar-refractivity contribution >= 4 is 11.9 Å². The van der Waals surface area contributed by atoms with Gasteiger partial charge in [0.05, 0.1) is 6.61 Å². The van der Waals surface area contributed by atoms with Gasteiger partial charge >= 0.3 is 5.97 Å².